The Bertz CT molecular complexity index is 406. The minimum atomic E-state index is -3.33. The lowest BCUT2D eigenvalue weighted by Crippen LogP contribution is -2.55. The van der Waals surface area contributed by atoms with Crippen molar-refractivity contribution in [1.82, 2.24) is 10.0 Å². The van der Waals surface area contributed by atoms with Crippen LogP contribution in [0.5, 0.6) is 0 Å². The fraction of sp³-hybridized carbons (Fsp3) is 0.917. The summed E-state index contributed by atoms with van der Waals surface area (Å²) in [5, 5.41) is 2.64. The van der Waals surface area contributed by atoms with Crippen molar-refractivity contribution >= 4 is 28.3 Å². The van der Waals surface area contributed by atoms with Crippen LogP contribution in [-0.2, 0) is 14.8 Å². The topological polar surface area (TPSA) is 101 Å². The van der Waals surface area contributed by atoms with Gasteiger partial charge < -0.3 is 11.1 Å². The van der Waals surface area contributed by atoms with E-state index < -0.39 is 15.6 Å². The SMILES string of the molecule is CC(C)NS(=O)(=O)CCNC(=O)C1(N)CCCCC1.Cl. The van der Waals surface area contributed by atoms with Crippen LogP contribution in [0.1, 0.15) is 46.0 Å². The average Bonchev–Trinajstić information content (AvgIpc) is 2.27. The van der Waals surface area contributed by atoms with Crippen molar-refractivity contribution in [1.29, 1.82) is 0 Å². The summed E-state index contributed by atoms with van der Waals surface area (Å²) in [5.41, 5.74) is 5.24. The Labute approximate surface area is 127 Å². The number of nitrogens with one attached hydrogen (secondary N) is 2. The summed E-state index contributed by atoms with van der Waals surface area (Å²) in [6, 6.07) is -0.139. The van der Waals surface area contributed by atoms with Crippen LogP contribution in [0.3, 0.4) is 0 Å². The monoisotopic (exact) mass is 327 g/mol. The van der Waals surface area contributed by atoms with E-state index in [0.29, 0.717) is 12.8 Å². The lowest BCUT2D eigenvalue weighted by Gasteiger charge is -2.31. The van der Waals surface area contributed by atoms with Gasteiger partial charge in [0.05, 0.1) is 11.3 Å². The van der Waals surface area contributed by atoms with E-state index in [1.54, 1.807) is 13.8 Å². The lowest BCUT2D eigenvalue weighted by atomic mass is 9.82. The molecule has 6 nitrogen and oxygen atoms in total. The van der Waals surface area contributed by atoms with Crippen LogP contribution in [-0.4, -0.2) is 38.2 Å². The molecule has 120 valence electrons. The van der Waals surface area contributed by atoms with Crippen molar-refractivity contribution in [3.05, 3.63) is 0 Å². The van der Waals surface area contributed by atoms with Gasteiger partial charge in [0, 0.05) is 12.6 Å². The Kier molecular flexibility index (Phi) is 8.01. The quantitative estimate of drug-likeness (QED) is 0.661. The van der Waals surface area contributed by atoms with Gasteiger partial charge in [-0.25, -0.2) is 13.1 Å². The summed E-state index contributed by atoms with van der Waals surface area (Å²) in [6.07, 6.45) is 4.37. The highest BCUT2D eigenvalue weighted by Crippen LogP contribution is 2.25. The summed E-state index contributed by atoms with van der Waals surface area (Å²) >= 11 is 0. The number of amides is 1. The number of carbonyl (C=O) groups is 1. The number of hydrogen-bond donors (Lipinski definition) is 3. The summed E-state index contributed by atoms with van der Waals surface area (Å²) < 4.78 is 25.6. The molecule has 0 aromatic heterocycles. The number of nitrogens with two attached hydrogens (primary N) is 1. The molecule has 1 amide bonds. The highest BCUT2D eigenvalue weighted by molar-refractivity contribution is 7.89. The van der Waals surface area contributed by atoms with Crippen LogP contribution in [0.25, 0.3) is 0 Å². The van der Waals surface area contributed by atoms with Crippen LogP contribution < -0.4 is 15.8 Å². The van der Waals surface area contributed by atoms with Gasteiger partial charge >= 0.3 is 0 Å². The van der Waals surface area contributed by atoms with Crippen LogP contribution in [0, 0.1) is 0 Å². The smallest absolute Gasteiger partial charge is 0.240 e. The molecule has 20 heavy (non-hydrogen) atoms. The van der Waals surface area contributed by atoms with E-state index in [4.69, 9.17) is 5.73 Å². The molecule has 0 atom stereocenters. The molecule has 0 saturated heterocycles. The third-order valence-corrected chi connectivity index (χ3v) is 4.84. The van der Waals surface area contributed by atoms with Gasteiger partial charge in [-0.3, -0.25) is 4.79 Å². The standard InChI is InChI=1S/C12H25N3O3S.ClH/c1-10(2)15-19(17,18)9-8-14-11(16)12(13)6-4-3-5-7-12;/h10,15H,3-9,13H2,1-2H3,(H,14,16);1H. The van der Waals surface area contributed by atoms with Gasteiger partial charge in [-0.2, -0.15) is 0 Å². The molecule has 4 N–H and O–H groups in total. The average molecular weight is 328 g/mol. The van der Waals surface area contributed by atoms with Crippen LogP contribution in [0.15, 0.2) is 0 Å². The van der Waals surface area contributed by atoms with Gasteiger partial charge in [0.2, 0.25) is 15.9 Å². The molecule has 0 spiro atoms. The Morgan fingerprint density at radius 1 is 1.25 bits per heavy atom. The number of carbonyl (C=O) groups excluding carboxylic acids is 1. The lowest BCUT2D eigenvalue weighted by molar-refractivity contribution is -0.127. The van der Waals surface area contributed by atoms with Gasteiger partial charge in [0.1, 0.15) is 0 Å². The molecular weight excluding hydrogens is 302 g/mol. The van der Waals surface area contributed by atoms with E-state index in [0.717, 1.165) is 19.3 Å². The zero-order valence-corrected chi connectivity index (χ0v) is 13.8. The maximum atomic E-state index is 12.0. The molecule has 0 heterocycles. The van der Waals surface area contributed by atoms with E-state index in [2.05, 4.69) is 10.0 Å². The highest BCUT2D eigenvalue weighted by Gasteiger charge is 2.35. The molecule has 1 fully saturated rings. The second-order valence-corrected chi connectivity index (χ2v) is 7.44. The van der Waals surface area contributed by atoms with Gasteiger partial charge in [-0.15, -0.1) is 12.4 Å². The normalized spacial score (nSPS) is 18.4. The van der Waals surface area contributed by atoms with Crippen LogP contribution >= 0.6 is 12.4 Å². The minimum absolute atomic E-state index is 0. The maximum absolute atomic E-state index is 12.0. The molecule has 1 aliphatic rings. The fourth-order valence-corrected chi connectivity index (χ4v) is 3.51. The third-order valence-electron chi connectivity index (χ3n) is 3.27. The van der Waals surface area contributed by atoms with Gasteiger partial charge in [-0.1, -0.05) is 19.3 Å². The maximum Gasteiger partial charge on any atom is 0.240 e. The zero-order chi connectivity index (χ0) is 14.5. The second kappa shape index (κ2) is 8.17. The van der Waals surface area contributed by atoms with Gasteiger partial charge in [-0.05, 0) is 26.7 Å². The largest absolute Gasteiger partial charge is 0.353 e. The number of hydrogen-bond acceptors (Lipinski definition) is 4. The van der Waals surface area contributed by atoms with Crippen molar-refractivity contribution in [2.45, 2.75) is 57.5 Å². The Hall–Kier alpha value is -0.370. The molecular formula is C12H26ClN3O3S. The first-order chi connectivity index (χ1) is 8.75. The van der Waals surface area contributed by atoms with E-state index in [1.807, 2.05) is 0 Å². The van der Waals surface area contributed by atoms with Crippen LogP contribution in [0.2, 0.25) is 0 Å². The first-order valence-corrected chi connectivity index (χ1v) is 8.48. The first kappa shape index (κ1) is 19.6. The molecule has 0 bridgehead atoms. The molecule has 1 aliphatic carbocycles. The molecule has 0 aromatic rings. The number of halogens is 1. The number of rotatable bonds is 6. The molecule has 8 heteroatoms. The zero-order valence-electron chi connectivity index (χ0n) is 12.1. The number of sulfonamides is 1. The van der Waals surface area contributed by atoms with E-state index in [1.165, 1.54) is 0 Å². The van der Waals surface area contributed by atoms with E-state index in [9.17, 15) is 13.2 Å². The van der Waals surface area contributed by atoms with Gasteiger partial charge in [0.15, 0.2) is 0 Å². The van der Waals surface area contributed by atoms with Crippen molar-refractivity contribution < 1.29 is 13.2 Å². The summed E-state index contributed by atoms with van der Waals surface area (Å²) in [7, 11) is -3.33. The van der Waals surface area contributed by atoms with Crippen molar-refractivity contribution in [2.24, 2.45) is 5.73 Å². The second-order valence-electron chi connectivity index (χ2n) is 5.56. The fourth-order valence-electron chi connectivity index (χ4n) is 2.30. The van der Waals surface area contributed by atoms with E-state index in [-0.39, 0.29) is 36.7 Å². The molecule has 0 unspecified atom stereocenters. The highest BCUT2D eigenvalue weighted by atomic mass is 35.5. The molecule has 1 saturated carbocycles. The van der Waals surface area contributed by atoms with Crippen molar-refractivity contribution in [3.8, 4) is 0 Å². The Morgan fingerprint density at radius 2 is 1.80 bits per heavy atom. The van der Waals surface area contributed by atoms with E-state index >= 15 is 0 Å². The minimum Gasteiger partial charge on any atom is -0.353 e. The molecule has 0 radical (unpaired) electrons. The predicted octanol–water partition coefficient (Wildman–Crippen LogP) is 0.514. The van der Waals surface area contributed by atoms with Gasteiger partial charge in [0.25, 0.3) is 0 Å². The van der Waals surface area contributed by atoms with Crippen LogP contribution in [0.4, 0.5) is 0 Å². The van der Waals surface area contributed by atoms with Crippen molar-refractivity contribution in [3.63, 3.8) is 0 Å². The summed E-state index contributed by atoms with van der Waals surface area (Å²) in [6.45, 7) is 3.61. The molecule has 1 rings (SSSR count). The Balaban J connectivity index is 0.00000361. The molecule has 0 aromatic carbocycles. The predicted molar refractivity (Wildman–Crippen MR) is 82.3 cm³/mol. The third kappa shape index (κ3) is 6.39. The summed E-state index contributed by atoms with van der Waals surface area (Å²) in [4.78, 5) is 12.0. The Morgan fingerprint density at radius 3 is 2.30 bits per heavy atom. The summed E-state index contributed by atoms with van der Waals surface area (Å²) in [5.74, 6) is -0.348. The first-order valence-electron chi connectivity index (χ1n) is 6.82. The molecule has 0 aliphatic heterocycles. The van der Waals surface area contributed by atoms with Crippen molar-refractivity contribution in [2.75, 3.05) is 12.3 Å².